The summed E-state index contributed by atoms with van der Waals surface area (Å²) in [5.74, 6) is 0.679. The fourth-order valence-corrected chi connectivity index (χ4v) is 2.88. The van der Waals surface area contributed by atoms with Crippen molar-refractivity contribution in [3.05, 3.63) is 28.8 Å². The minimum atomic E-state index is -4.36. The maximum absolute atomic E-state index is 12.7. The summed E-state index contributed by atoms with van der Waals surface area (Å²) in [5, 5.41) is 3.29. The van der Waals surface area contributed by atoms with Crippen molar-refractivity contribution >= 4 is 17.3 Å². The minimum Gasteiger partial charge on any atom is -0.382 e. The number of hydrogen-bond acceptors (Lipinski definition) is 1. The summed E-state index contributed by atoms with van der Waals surface area (Å²) in [5.41, 5.74) is -0.242. The van der Waals surface area contributed by atoms with Gasteiger partial charge >= 0.3 is 6.18 Å². The number of rotatable bonds is 3. The van der Waals surface area contributed by atoms with E-state index in [0.717, 1.165) is 37.8 Å². The Morgan fingerprint density at radius 1 is 1.26 bits per heavy atom. The van der Waals surface area contributed by atoms with Crippen LogP contribution in [0, 0.1) is 5.92 Å². The lowest BCUT2D eigenvalue weighted by Crippen LogP contribution is -2.16. The summed E-state index contributed by atoms with van der Waals surface area (Å²) in [4.78, 5) is 0. The van der Waals surface area contributed by atoms with Gasteiger partial charge in [-0.3, -0.25) is 0 Å². The Morgan fingerprint density at radius 2 is 2.00 bits per heavy atom. The third kappa shape index (κ3) is 3.78. The van der Waals surface area contributed by atoms with Gasteiger partial charge in [0.15, 0.2) is 0 Å². The van der Waals surface area contributed by atoms with Crippen LogP contribution in [0.2, 0.25) is 5.02 Å². The summed E-state index contributed by atoms with van der Waals surface area (Å²) >= 11 is 5.76. The zero-order valence-electron chi connectivity index (χ0n) is 10.7. The second kappa shape index (κ2) is 5.61. The molecule has 0 amide bonds. The molecule has 0 radical (unpaired) electrons. The Balaban J connectivity index is 2.11. The van der Waals surface area contributed by atoms with Gasteiger partial charge in [0.2, 0.25) is 0 Å². The van der Waals surface area contributed by atoms with E-state index in [-0.39, 0.29) is 11.1 Å². The van der Waals surface area contributed by atoms with Crippen LogP contribution in [0.25, 0.3) is 0 Å². The topological polar surface area (TPSA) is 12.0 Å². The summed E-state index contributed by atoms with van der Waals surface area (Å²) in [6, 6.07) is 3.89. The van der Waals surface area contributed by atoms with E-state index in [9.17, 15) is 13.2 Å². The highest BCUT2D eigenvalue weighted by atomic mass is 35.5. The molecule has 0 aliphatic heterocycles. The Hall–Kier alpha value is -0.900. The Morgan fingerprint density at radius 3 is 2.58 bits per heavy atom. The molecule has 1 saturated carbocycles. The molecule has 1 aromatic carbocycles. The predicted molar refractivity (Wildman–Crippen MR) is 71.5 cm³/mol. The second-order valence-corrected chi connectivity index (χ2v) is 5.59. The van der Waals surface area contributed by atoms with E-state index in [1.807, 2.05) is 0 Å². The highest BCUT2D eigenvalue weighted by molar-refractivity contribution is 6.30. The third-order valence-corrected chi connectivity index (χ3v) is 3.93. The quantitative estimate of drug-likeness (QED) is 0.791. The van der Waals surface area contributed by atoms with Crippen molar-refractivity contribution in [1.82, 2.24) is 0 Å². The average Bonchev–Trinajstić information content (AvgIpc) is 2.75. The highest BCUT2D eigenvalue weighted by Gasteiger charge is 2.31. The molecule has 0 heterocycles. The van der Waals surface area contributed by atoms with Crippen LogP contribution < -0.4 is 5.32 Å². The molecule has 2 atom stereocenters. The summed E-state index contributed by atoms with van der Waals surface area (Å²) < 4.78 is 38.1. The second-order valence-electron chi connectivity index (χ2n) is 5.15. The maximum Gasteiger partial charge on any atom is 0.416 e. The number of benzene rings is 1. The van der Waals surface area contributed by atoms with Gasteiger partial charge < -0.3 is 5.32 Å². The standard InChI is InChI=1S/C14H17ClF3N/c1-2-9-3-4-12(5-9)19-13-7-10(14(16,17)18)6-11(15)8-13/h6-9,12,19H,2-5H2,1H3. The molecule has 0 saturated heterocycles. The molecule has 0 aromatic heterocycles. The Kier molecular flexibility index (Phi) is 4.29. The van der Waals surface area contributed by atoms with Crippen molar-refractivity contribution < 1.29 is 13.2 Å². The van der Waals surface area contributed by atoms with Crippen LogP contribution in [0.5, 0.6) is 0 Å². The zero-order chi connectivity index (χ0) is 14.0. The molecule has 2 rings (SSSR count). The van der Waals surface area contributed by atoms with E-state index < -0.39 is 11.7 Å². The lowest BCUT2D eigenvalue weighted by molar-refractivity contribution is -0.137. The van der Waals surface area contributed by atoms with Gasteiger partial charge in [-0.15, -0.1) is 0 Å². The number of hydrogen-bond donors (Lipinski definition) is 1. The monoisotopic (exact) mass is 291 g/mol. The normalized spacial score (nSPS) is 23.6. The van der Waals surface area contributed by atoms with Gasteiger partial charge in [-0.2, -0.15) is 13.2 Å². The lowest BCUT2D eigenvalue weighted by Gasteiger charge is -2.16. The van der Waals surface area contributed by atoms with Gasteiger partial charge in [0.1, 0.15) is 0 Å². The number of nitrogens with one attached hydrogen (secondary N) is 1. The lowest BCUT2D eigenvalue weighted by atomic mass is 10.1. The van der Waals surface area contributed by atoms with Gasteiger partial charge in [0.05, 0.1) is 5.56 Å². The van der Waals surface area contributed by atoms with Crippen molar-refractivity contribution in [3.8, 4) is 0 Å². The largest absolute Gasteiger partial charge is 0.416 e. The van der Waals surface area contributed by atoms with Crippen LogP contribution in [-0.4, -0.2) is 6.04 Å². The van der Waals surface area contributed by atoms with Crippen LogP contribution in [0.15, 0.2) is 18.2 Å². The molecular weight excluding hydrogens is 275 g/mol. The summed E-state index contributed by atoms with van der Waals surface area (Å²) in [6.45, 7) is 2.15. The number of anilines is 1. The van der Waals surface area contributed by atoms with Crippen LogP contribution in [-0.2, 0) is 6.18 Å². The molecule has 106 valence electrons. The van der Waals surface area contributed by atoms with Gasteiger partial charge in [0, 0.05) is 16.8 Å². The molecule has 1 fully saturated rings. The van der Waals surface area contributed by atoms with E-state index in [0.29, 0.717) is 11.6 Å². The molecule has 0 spiro atoms. The van der Waals surface area contributed by atoms with Gasteiger partial charge in [0.25, 0.3) is 0 Å². The highest BCUT2D eigenvalue weighted by Crippen LogP contribution is 2.35. The smallest absolute Gasteiger partial charge is 0.382 e. The number of alkyl halides is 3. The van der Waals surface area contributed by atoms with E-state index >= 15 is 0 Å². The molecule has 5 heteroatoms. The molecule has 0 bridgehead atoms. The first-order valence-electron chi connectivity index (χ1n) is 6.53. The molecule has 1 aromatic rings. The van der Waals surface area contributed by atoms with E-state index in [1.54, 1.807) is 6.07 Å². The van der Waals surface area contributed by atoms with Gasteiger partial charge in [-0.25, -0.2) is 0 Å². The first-order chi connectivity index (χ1) is 8.88. The van der Waals surface area contributed by atoms with E-state index in [2.05, 4.69) is 12.2 Å². The summed E-state index contributed by atoms with van der Waals surface area (Å²) in [7, 11) is 0. The van der Waals surface area contributed by atoms with Gasteiger partial charge in [-0.05, 0) is 43.4 Å². The predicted octanol–water partition coefficient (Wildman–Crippen LogP) is 5.35. The van der Waals surface area contributed by atoms with Crippen molar-refractivity contribution in [2.75, 3.05) is 5.32 Å². The Bertz CT molecular complexity index is 445. The molecular formula is C14H17ClF3N. The van der Waals surface area contributed by atoms with Gasteiger partial charge in [-0.1, -0.05) is 24.9 Å². The van der Waals surface area contributed by atoms with Crippen molar-refractivity contribution in [2.24, 2.45) is 5.92 Å². The minimum absolute atomic E-state index is 0.113. The van der Waals surface area contributed by atoms with E-state index in [1.165, 1.54) is 0 Å². The SMILES string of the molecule is CCC1CCC(Nc2cc(Cl)cc(C(F)(F)F)c2)C1. The molecule has 1 aliphatic carbocycles. The van der Waals surface area contributed by atoms with Crippen LogP contribution in [0.1, 0.15) is 38.2 Å². The third-order valence-electron chi connectivity index (χ3n) is 3.71. The van der Waals surface area contributed by atoms with E-state index in [4.69, 9.17) is 11.6 Å². The van der Waals surface area contributed by atoms with Crippen molar-refractivity contribution in [2.45, 2.75) is 44.8 Å². The van der Waals surface area contributed by atoms with Crippen LogP contribution in [0.3, 0.4) is 0 Å². The Labute approximate surface area is 116 Å². The fraction of sp³-hybridized carbons (Fsp3) is 0.571. The molecule has 1 aliphatic rings. The molecule has 19 heavy (non-hydrogen) atoms. The molecule has 1 N–H and O–H groups in total. The van der Waals surface area contributed by atoms with Crippen LogP contribution >= 0.6 is 11.6 Å². The van der Waals surface area contributed by atoms with Crippen LogP contribution in [0.4, 0.5) is 18.9 Å². The van der Waals surface area contributed by atoms with Crippen molar-refractivity contribution in [1.29, 1.82) is 0 Å². The fourth-order valence-electron chi connectivity index (χ4n) is 2.65. The summed E-state index contributed by atoms with van der Waals surface area (Å²) in [6.07, 6.45) is -0.0674. The zero-order valence-corrected chi connectivity index (χ0v) is 11.5. The first kappa shape index (κ1) is 14.5. The maximum atomic E-state index is 12.7. The van der Waals surface area contributed by atoms with Crippen molar-refractivity contribution in [3.63, 3.8) is 0 Å². The molecule has 1 nitrogen and oxygen atoms in total. The average molecular weight is 292 g/mol. The number of halogens is 4. The molecule has 2 unspecified atom stereocenters. The first-order valence-corrected chi connectivity index (χ1v) is 6.90.